The number of benzene rings is 4. The first-order chi connectivity index (χ1) is 20.6. The third kappa shape index (κ3) is 5.67. The van der Waals surface area contributed by atoms with Crippen molar-refractivity contribution in [3.05, 3.63) is 144 Å². The molecule has 2 atom stereocenters. The molecule has 0 bridgehead atoms. The van der Waals surface area contributed by atoms with Crippen molar-refractivity contribution in [1.82, 2.24) is 0 Å². The normalized spacial score (nSPS) is 20.5. The van der Waals surface area contributed by atoms with E-state index in [0.29, 0.717) is 5.92 Å². The molecule has 4 aromatic rings. The first-order valence-corrected chi connectivity index (χ1v) is 15.3. The van der Waals surface area contributed by atoms with E-state index in [4.69, 9.17) is 4.99 Å². The van der Waals surface area contributed by atoms with Crippen LogP contribution in [-0.2, 0) is 5.54 Å². The summed E-state index contributed by atoms with van der Waals surface area (Å²) in [4.78, 5) is 5.13. The van der Waals surface area contributed by atoms with Crippen LogP contribution in [0, 0.1) is 0 Å². The van der Waals surface area contributed by atoms with Crippen LogP contribution < -0.4 is 5.32 Å². The smallest absolute Gasteiger partial charge is 0.0837 e. The summed E-state index contributed by atoms with van der Waals surface area (Å²) in [6, 6.07) is 26.9. The number of hydrogen-bond donors (Lipinski definition) is 1. The molecule has 2 aliphatic carbocycles. The molecule has 0 aliphatic heterocycles. The van der Waals surface area contributed by atoms with E-state index < -0.39 is 0 Å². The van der Waals surface area contributed by atoms with Gasteiger partial charge in [-0.15, -0.1) is 0 Å². The van der Waals surface area contributed by atoms with E-state index in [1.54, 1.807) is 6.08 Å². The highest BCUT2D eigenvalue weighted by molar-refractivity contribution is 5.99. The number of nitrogens with zero attached hydrogens (tertiary/aromatic N) is 1. The van der Waals surface area contributed by atoms with Gasteiger partial charge < -0.3 is 5.32 Å². The lowest BCUT2D eigenvalue weighted by atomic mass is 9.92. The molecular formula is C40H40N2. The molecule has 2 nitrogen and oxygen atoms in total. The quantitative estimate of drug-likeness (QED) is 0.126. The molecule has 210 valence electrons. The van der Waals surface area contributed by atoms with Crippen molar-refractivity contribution >= 4 is 39.0 Å². The van der Waals surface area contributed by atoms with Crippen molar-refractivity contribution in [1.29, 1.82) is 0 Å². The standard InChI is InChI=1S/C40H40N2/c1-4-6-14-23-41-40(3)28-32(37-26-33-24-30-17-10-11-18-31(30)25-34(33)27-38(37)40)21-22-35(5-2)42-39-20-13-12-19-36(39)29-15-8-7-9-16-29/h4-6,8,10-20,23-27,32,42H,1,7,9,21-22,28H2,2-3H3/b14-6-,35-5+,41-23?. The predicted octanol–water partition coefficient (Wildman–Crippen LogP) is 11.0. The minimum atomic E-state index is -0.263. The monoisotopic (exact) mass is 548 g/mol. The Hall–Kier alpha value is -4.43. The van der Waals surface area contributed by atoms with Crippen LogP contribution in [0.2, 0.25) is 0 Å². The second kappa shape index (κ2) is 12.2. The SMILES string of the molecule is C=C/C=C\C=NC1(C)CC(CC/C(=C\C)Nc2ccccc2C2=CCCC=C2)c2cc3cc4ccccc4cc3cc21. The fraction of sp³-hybridized carbons (Fsp3) is 0.225. The van der Waals surface area contributed by atoms with E-state index in [2.05, 4.69) is 123 Å². The molecule has 4 aromatic carbocycles. The molecular weight excluding hydrogens is 508 g/mol. The maximum Gasteiger partial charge on any atom is 0.0837 e. The summed E-state index contributed by atoms with van der Waals surface area (Å²) in [5, 5.41) is 8.96. The lowest BCUT2D eigenvalue weighted by molar-refractivity contribution is 0.444. The lowest BCUT2D eigenvalue weighted by Crippen LogP contribution is -2.15. The highest BCUT2D eigenvalue weighted by atomic mass is 14.9. The first kappa shape index (κ1) is 27.7. The van der Waals surface area contributed by atoms with Crippen molar-refractivity contribution in [2.24, 2.45) is 4.99 Å². The van der Waals surface area contributed by atoms with Crippen molar-refractivity contribution in [3.8, 4) is 0 Å². The zero-order chi connectivity index (χ0) is 28.9. The molecule has 0 saturated carbocycles. The summed E-state index contributed by atoms with van der Waals surface area (Å²) in [7, 11) is 0. The first-order valence-electron chi connectivity index (χ1n) is 15.3. The van der Waals surface area contributed by atoms with E-state index in [1.165, 1.54) is 55.2 Å². The number of allylic oxidation sites excluding steroid dienone is 9. The van der Waals surface area contributed by atoms with Gasteiger partial charge in [-0.2, -0.15) is 0 Å². The molecule has 0 heterocycles. The van der Waals surface area contributed by atoms with Gasteiger partial charge >= 0.3 is 0 Å². The molecule has 6 rings (SSSR count). The molecule has 1 N–H and O–H groups in total. The number of rotatable bonds is 9. The van der Waals surface area contributed by atoms with E-state index >= 15 is 0 Å². The van der Waals surface area contributed by atoms with Crippen LogP contribution in [-0.4, -0.2) is 6.21 Å². The van der Waals surface area contributed by atoms with Crippen molar-refractivity contribution < 1.29 is 0 Å². The minimum absolute atomic E-state index is 0.263. The summed E-state index contributed by atoms with van der Waals surface area (Å²) in [6.45, 7) is 8.24. The Labute approximate surface area is 250 Å². The highest BCUT2D eigenvalue weighted by Crippen LogP contribution is 2.50. The molecule has 2 unspecified atom stereocenters. The molecule has 0 fully saturated rings. The zero-order valence-electron chi connectivity index (χ0n) is 24.8. The number of fused-ring (bicyclic) bond motifs is 3. The van der Waals surface area contributed by atoms with Gasteiger partial charge in [-0.05, 0) is 120 Å². The van der Waals surface area contributed by atoms with Crippen LogP contribution >= 0.6 is 0 Å². The number of nitrogens with one attached hydrogen (secondary N) is 1. The average Bonchev–Trinajstić information content (AvgIpc) is 3.30. The molecule has 0 amide bonds. The van der Waals surface area contributed by atoms with Gasteiger partial charge in [0.1, 0.15) is 0 Å². The predicted molar refractivity (Wildman–Crippen MR) is 183 cm³/mol. The fourth-order valence-corrected chi connectivity index (χ4v) is 6.67. The largest absolute Gasteiger partial charge is 0.359 e. The number of hydrogen-bond acceptors (Lipinski definition) is 2. The number of para-hydroxylation sites is 1. The maximum absolute atomic E-state index is 5.13. The molecule has 0 radical (unpaired) electrons. The van der Waals surface area contributed by atoms with Crippen LogP contribution in [0.1, 0.15) is 68.6 Å². The second-order valence-corrected chi connectivity index (χ2v) is 11.7. The lowest BCUT2D eigenvalue weighted by Gasteiger charge is -2.21. The molecule has 2 heteroatoms. The summed E-state index contributed by atoms with van der Waals surface area (Å²) < 4.78 is 0. The summed E-state index contributed by atoms with van der Waals surface area (Å²) in [6.07, 6.45) is 22.1. The minimum Gasteiger partial charge on any atom is -0.359 e. The third-order valence-corrected chi connectivity index (χ3v) is 8.87. The van der Waals surface area contributed by atoms with Crippen LogP contribution in [0.5, 0.6) is 0 Å². The van der Waals surface area contributed by atoms with Gasteiger partial charge in [-0.25, -0.2) is 0 Å². The van der Waals surface area contributed by atoms with Gasteiger partial charge in [0.15, 0.2) is 0 Å². The Morgan fingerprint density at radius 1 is 0.952 bits per heavy atom. The summed E-state index contributed by atoms with van der Waals surface area (Å²) >= 11 is 0. The van der Waals surface area contributed by atoms with Crippen molar-refractivity contribution in [2.75, 3.05) is 5.32 Å². The van der Waals surface area contributed by atoms with Gasteiger partial charge in [0.05, 0.1) is 5.54 Å². The van der Waals surface area contributed by atoms with E-state index in [-0.39, 0.29) is 5.54 Å². The third-order valence-electron chi connectivity index (χ3n) is 8.87. The zero-order valence-corrected chi connectivity index (χ0v) is 24.8. The maximum atomic E-state index is 5.13. The fourth-order valence-electron chi connectivity index (χ4n) is 6.67. The van der Waals surface area contributed by atoms with E-state index in [1.807, 2.05) is 18.4 Å². The van der Waals surface area contributed by atoms with Crippen molar-refractivity contribution in [2.45, 2.75) is 57.4 Å². The highest BCUT2D eigenvalue weighted by Gasteiger charge is 2.40. The summed E-state index contributed by atoms with van der Waals surface area (Å²) in [5.74, 6) is 0.428. The van der Waals surface area contributed by atoms with E-state index in [9.17, 15) is 0 Å². The van der Waals surface area contributed by atoms with Crippen molar-refractivity contribution in [3.63, 3.8) is 0 Å². The molecule has 42 heavy (non-hydrogen) atoms. The van der Waals surface area contributed by atoms with Gasteiger partial charge in [-0.3, -0.25) is 4.99 Å². The van der Waals surface area contributed by atoms with Gasteiger partial charge in [0.25, 0.3) is 0 Å². The Morgan fingerprint density at radius 2 is 1.71 bits per heavy atom. The Bertz CT molecular complexity index is 1780. The average molecular weight is 549 g/mol. The second-order valence-electron chi connectivity index (χ2n) is 11.7. The van der Waals surface area contributed by atoms with E-state index in [0.717, 1.165) is 32.1 Å². The number of anilines is 1. The Kier molecular flexibility index (Phi) is 8.06. The molecule has 0 aromatic heterocycles. The van der Waals surface area contributed by atoms with Gasteiger partial charge in [0, 0.05) is 23.2 Å². The summed E-state index contributed by atoms with van der Waals surface area (Å²) in [5.41, 5.74) is 7.56. The van der Waals surface area contributed by atoms with Crippen LogP contribution in [0.25, 0.3) is 27.1 Å². The number of aliphatic imine (C=N–C) groups is 1. The van der Waals surface area contributed by atoms with Crippen LogP contribution in [0.3, 0.4) is 0 Å². The molecule has 0 saturated heterocycles. The van der Waals surface area contributed by atoms with Gasteiger partial charge in [-0.1, -0.05) is 91.6 Å². The van der Waals surface area contributed by atoms with Gasteiger partial charge in [0.2, 0.25) is 0 Å². The molecule has 0 spiro atoms. The van der Waals surface area contributed by atoms with Crippen LogP contribution in [0.4, 0.5) is 5.69 Å². The Balaban J connectivity index is 1.30. The molecule has 2 aliphatic rings. The topological polar surface area (TPSA) is 24.4 Å². The Morgan fingerprint density at radius 3 is 2.45 bits per heavy atom. The van der Waals surface area contributed by atoms with Crippen LogP contribution in [0.15, 0.2) is 133 Å².